The Hall–Kier alpha value is -2.63. The molecule has 1 atom stereocenters. The summed E-state index contributed by atoms with van der Waals surface area (Å²) in [5, 5.41) is 17.8. The van der Waals surface area contributed by atoms with Crippen LogP contribution in [0.4, 0.5) is 0 Å². The van der Waals surface area contributed by atoms with E-state index in [1.54, 1.807) is 0 Å². The van der Waals surface area contributed by atoms with Gasteiger partial charge in [0.25, 0.3) is 0 Å². The Labute approximate surface area is 147 Å². The zero-order valence-electron chi connectivity index (χ0n) is 14.3. The molecule has 3 aromatic rings. The molecule has 0 radical (unpaired) electrons. The van der Waals surface area contributed by atoms with Crippen LogP contribution >= 0.6 is 0 Å². The summed E-state index contributed by atoms with van der Waals surface area (Å²) in [5.41, 5.74) is 3.09. The van der Waals surface area contributed by atoms with Crippen LogP contribution in [0, 0.1) is 6.92 Å². The molecule has 1 aromatic heterocycles. The first-order chi connectivity index (χ1) is 12.2. The van der Waals surface area contributed by atoms with Gasteiger partial charge in [0.2, 0.25) is 0 Å². The molecule has 0 bridgehead atoms. The number of ether oxygens (including phenoxy) is 1. The molecule has 5 heteroatoms. The lowest BCUT2D eigenvalue weighted by Gasteiger charge is -2.13. The molecule has 0 aliphatic heterocycles. The molecule has 25 heavy (non-hydrogen) atoms. The first kappa shape index (κ1) is 17.2. The van der Waals surface area contributed by atoms with Crippen molar-refractivity contribution in [2.75, 3.05) is 13.2 Å². The average molecular weight is 337 g/mol. The molecule has 0 saturated carbocycles. The van der Waals surface area contributed by atoms with E-state index in [1.165, 1.54) is 0 Å². The van der Waals surface area contributed by atoms with E-state index in [9.17, 15) is 5.11 Å². The number of para-hydroxylation sites is 1. The fourth-order valence-corrected chi connectivity index (χ4v) is 2.50. The second-order valence-corrected chi connectivity index (χ2v) is 6.00. The van der Waals surface area contributed by atoms with Gasteiger partial charge in [0.05, 0.1) is 11.4 Å². The Morgan fingerprint density at radius 2 is 1.96 bits per heavy atom. The number of aromatic nitrogens is 2. The predicted octanol–water partition coefficient (Wildman–Crippen LogP) is 2.71. The third-order valence-corrected chi connectivity index (χ3v) is 3.78. The Morgan fingerprint density at radius 3 is 2.76 bits per heavy atom. The highest BCUT2D eigenvalue weighted by Crippen LogP contribution is 2.12. The van der Waals surface area contributed by atoms with Crippen molar-refractivity contribution in [3.05, 3.63) is 78.1 Å². The minimum atomic E-state index is -0.572. The number of hydrogen-bond donors (Lipinski definition) is 2. The number of aryl methyl sites for hydroxylation is 1. The second kappa shape index (κ2) is 8.46. The highest BCUT2D eigenvalue weighted by atomic mass is 16.5. The van der Waals surface area contributed by atoms with Crippen LogP contribution < -0.4 is 10.1 Å². The smallest absolute Gasteiger partial charge is 0.119 e. The van der Waals surface area contributed by atoms with Gasteiger partial charge in [0.15, 0.2) is 0 Å². The van der Waals surface area contributed by atoms with E-state index in [0.717, 1.165) is 22.7 Å². The van der Waals surface area contributed by atoms with Crippen molar-refractivity contribution in [1.29, 1.82) is 0 Å². The van der Waals surface area contributed by atoms with E-state index in [4.69, 9.17) is 4.74 Å². The van der Waals surface area contributed by atoms with Crippen molar-refractivity contribution in [1.82, 2.24) is 15.1 Å². The highest BCUT2D eigenvalue weighted by molar-refractivity contribution is 5.30. The number of aliphatic hydroxyl groups excluding tert-OH is 1. The number of aliphatic hydroxyl groups is 1. The standard InChI is InChI=1S/C20H23N3O2/c1-16-6-5-9-20(12-16)25-15-19(24)14-21-13-17-10-11-23(22-17)18-7-3-2-4-8-18/h2-12,19,21,24H,13-15H2,1H3. The van der Waals surface area contributed by atoms with Crippen molar-refractivity contribution in [3.63, 3.8) is 0 Å². The van der Waals surface area contributed by atoms with Crippen LogP contribution in [-0.2, 0) is 6.54 Å². The van der Waals surface area contributed by atoms with E-state index in [2.05, 4.69) is 10.4 Å². The number of nitrogens with one attached hydrogen (secondary N) is 1. The van der Waals surface area contributed by atoms with Crippen molar-refractivity contribution in [2.45, 2.75) is 19.6 Å². The summed E-state index contributed by atoms with van der Waals surface area (Å²) in [6, 6.07) is 19.7. The lowest BCUT2D eigenvalue weighted by atomic mass is 10.2. The minimum absolute atomic E-state index is 0.259. The molecule has 130 valence electrons. The van der Waals surface area contributed by atoms with Crippen LogP contribution in [0.3, 0.4) is 0 Å². The van der Waals surface area contributed by atoms with Gasteiger partial charge in [0, 0.05) is 19.3 Å². The molecule has 0 amide bonds. The fraction of sp³-hybridized carbons (Fsp3) is 0.250. The Morgan fingerprint density at radius 1 is 1.12 bits per heavy atom. The minimum Gasteiger partial charge on any atom is -0.491 e. The van der Waals surface area contributed by atoms with Gasteiger partial charge < -0.3 is 15.2 Å². The zero-order valence-corrected chi connectivity index (χ0v) is 14.3. The molecule has 0 saturated heterocycles. The average Bonchev–Trinajstić information content (AvgIpc) is 3.10. The van der Waals surface area contributed by atoms with Crippen LogP contribution in [-0.4, -0.2) is 34.1 Å². The maximum absolute atomic E-state index is 10.0. The third kappa shape index (κ3) is 5.17. The summed E-state index contributed by atoms with van der Waals surface area (Å²) in [6.45, 7) is 3.32. The maximum Gasteiger partial charge on any atom is 0.119 e. The molecule has 2 aromatic carbocycles. The third-order valence-electron chi connectivity index (χ3n) is 3.78. The van der Waals surface area contributed by atoms with Crippen LogP contribution in [0.1, 0.15) is 11.3 Å². The summed E-state index contributed by atoms with van der Waals surface area (Å²) < 4.78 is 7.45. The van der Waals surface area contributed by atoms with E-state index in [1.807, 2.05) is 78.5 Å². The first-order valence-corrected chi connectivity index (χ1v) is 8.39. The Bertz CT molecular complexity index is 786. The summed E-state index contributed by atoms with van der Waals surface area (Å²) in [6.07, 6.45) is 1.36. The van der Waals surface area contributed by atoms with Crippen LogP contribution in [0.2, 0.25) is 0 Å². The lowest BCUT2D eigenvalue weighted by Crippen LogP contribution is -2.31. The van der Waals surface area contributed by atoms with Gasteiger partial charge in [-0.1, -0.05) is 30.3 Å². The van der Waals surface area contributed by atoms with Crippen LogP contribution in [0.5, 0.6) is 5.75 Å². The van der Waals surface area contributed by atoms with Crippen molar-refractivity contribution in [3.8, 4) is 11.4 Å². The van der Waals surface area contributed by atoms with Crippen molar-refractivity contribution < 1.29 is 9.84 Å². The quantitative estimate of drug-likeness (QED) is 0.663. The number of hydrogen-bond acceptors (Lipinski definition) is 4. The van der Waals surface area contributed by atoms with E-state index in [0.29, 0.717) is 13.1 Å². The lowest BCUT2D eigenvalue weighted by molar-refractivity contribution is 0.106. The molecule has 3 rings (SSSR count). The van der Waals surface area contributed by atoms with E-state index >= 15 is 0 Å². The van der Waals surface area contributed by atoms with Crippen molar-refractivity contribution >= 4 is 0 Å². The van der Waals surface area contributed by atoms with Crippen molar-refractivity contribution in [2.24, 2.45) is 0 Å². The molecule has 0 spiro atoms. The first-order valence-electron chi connectivity index (χ1n) is 8.39. The van der Waals surface area contributed by atoms with Crippen LogP contribution in [0.15, 0.2) is 66.9 Å². The molecule has 1 unspecified atom stereocenters. The topological polar surface area (TPSA) is 59.3 Å². The monoisotopic (exact) mass is 337 g/mol. The van der Waals surface area contributed by atoms with E-state index < -0.39 is 6.10 Å². The second-order valence-electron chi connectivity index (χ2n) is 6.00. The maximum atomic E-state index is 10.0. The number of rotatable bonds is 8. The number of nitrogens with zero attached hydrogens (tertiary/aromatic N) is 2. The molecule has 0 aliphatic rings. The van der Waals surface area contributed by atoms with Gasteiger partial charge in [-0.25, -0.2) is 4.68 Å². The van der Waals surface area contributed by atoms with Gasteiger partial charge in [-0.05, 0) is 42.8 Å². The molecule has 2 N–H and O–H groups in total. The molecule has 0 fully saturated rings. The van der Waals surface area contributed by atoms with E-state index in [-0.39, 0.29) is 6.61 Å². The van der Waals surface area contributed by atoms with Crippen LogP contribution in [0.25, 0.3) is 5.69 Å². The Balaban J connectivity index is 1.41. The number of benzene rings is 2. The normalized spacial score (nSPS) is 12.1. The fourth-order valence-electron chi connectivity index (χ4n) is 2.50. The molecule has 0 aliphatic carbocycles. The molecule has 1 heterocycles. The summed E-state index contributed by atoms with van der Waals surface area (Å²) in [7, 11) is 0. The van der Waals surface area contributed by atoms with Gasteiger partial charge in [-0.3, -0.25) is 0 Å². The molecular weight excluding hydrogens is 314 g/mol. The Kier molecular flexibility index (Phi) is 5.82. The SMILES string of the molecule is Cc1cccc(OCC(O)CNCc2ccn(-c3ccccc3)n2)c1. The van der Waals surface area contributed by atoms with Gasteiger partial charge in [-0.15, -0.1) is 0 Å². The molecule has 5 nitrogen and oxygen atoms in total. The summed E-state index contributed by atoms with van der Waals surface area (Å²) >= 11 is 0. The largest absolute Gasteiger partial charge is 0.491 e. The van der Waals surface area contributed by atoms with Gasteiger partial charge in [-0.2, -0.15) is 5.10 Å². The zero-order chi connectivity index (χ0) is 17.5. The highest BCUT2D eigenvalue weighted by Gasteiger charge is 2.06. The predicted molar refractivity (Wildman–Crippen MR) is 98.0 cm³/mol. The summed E-state index contributed by atoms with van der Waals surface area (Å²) in [4.78, 5) is 0. The van der Waals surface area contributed by atoms with Gasteiger partial charge in [0.1, 0.15) is 18.5 Å². The molecular formula is C20H23N3O2. The van der Waals surface area contributed by atoms with Gasteiger partial charge >= 0.3 is 0 Å². The summed E-state index contributed by atoms with van der Waals surface area (Å²) in [5.74, 6) is 0.778.